The molecule has 1 aliphatic heterocycles. The second kappa shape index (κ2) is 5.57. The Hall–Kier alpha value is -2.34. The van der Waals surface area contributed by atoms with Crippen LogP contribution >= 0.6 is 0 Å². The van der Waals surface area contributed by atoms with Crippen molar-refractivity contribution in [3.63, 3.8) is 0 Å². The van der Waals surface area contributed by atoms with Crippen molar-refractivity contribution in [2.24, 2.45) is 0 Å². The predicted octanol–water partition coefficient (Wildman–Crippen LogP) is 0.916. The lowest BCUT2D eigenvalue weighted by Crippen LogP contribution is -2.38. The zero-order valence-electron chi connectivity index (χ0n) is 11.8. The normalized spacial score (nSPS) is 17.3. The number of carbonyl (C=O) groups is 1. The quantitative estimate of drug-likeness (QED) is 0.881. The number of aromatic amines is 2. The molecule has 1 aromatic heterocycles. The molecule has 2 N–H and O–H groups in total. The minimum atomic E-state index is -0.380. The number of rotatable bonds is 3. The molecule has 0 bridgehead atoms. The van der Waals surface area contributed by atoms with Crippen LogP contribution in [0.3, 0.4) is 0 Å². The highest BCUT2D eigenvalue weighted by Gasteiger charge is 2.23. The molecule has 1 aromatic carbocycles. The summed E-state index contributed by atoms with van der Waals surface area (Å²) in [5, 5.41) is 0. The van der Waals surface area contributed by atoms with Gasteiger partial charge in [0.15, 0.2) is 0 Å². The Morgan fingerprint density at radius 1 is 1.38 bits per heavy atom. The largest absolute Gasteiger partial charge is 0.371 e. The van der Waals surface area contributed by atoms with Crippen LogP contribution in [0.5, 0.6) is 0 Å². The van der Waals surface area contributed by atoms with Gasteiger partial charge in [-0.2, -0.15) is 0 Å². The maximum Gasteiger partial charge on any atom is 0.323 e. The highest BCUT2D eigenvalue weighted by atomic mass is 16.5. The number of hydrogen-bond donors (Lipinski definition) is 2. The number of nitrogens with zero attached hydrogens (tertiary/aromatic N) is 1. The molecule has 1 atom stereocenters. The Labute approximate surface area is 121 Å². The number of benzene rings is 1. The Balaban J connectivity index is 1.65. The Morgan fingerprint density at radius 3 is 2.86 bits per heavy atom. The van der Waals surface area contributed by atoms with Gasteiger partial charge in [-0.25, -0.2) is 4.79 Å². The fourth-order valence-corrected chi connectivity index (χ4v) is 2.57. The molecule has 6 nitrogen and oxygen atoms in total. The van der Waals surface area contributed by atoms with Crippen molar-refractivity contribution in [3.8, 4) is 0 Å². The van der Waals surface area contributed by atoms with Gasteiger partial charge in [0.2, 0.25) is 0 Å². The molecule has 2 aromatic rings. The van der Waals surface area contributed by atoms with Gasteiger partial charge in [-0.3, -0.25) is 4.79 Å². The number of amides is 1. The SMILES string of the molecule is CN(CC1Cc2ccccc2CO1)C(=O)c1c[nH]c(=O)[nH]1. The Bertz CT molecular complexity index is 704. The minimum absolute atomic E-state index is 0.0282. The number of imidazole rings is 1. The first-order valence-electron chi connectivity index (χ1n) is 6.85. The maximum absolute atomic E-state index is 12.2. The number of carbonyl (C=O) groups excluding carboxylic acids is 1. The van der Waals surface area contributed by atoms with Crippen molar-refractivity contribution in [1.29, 1.82) is 0 Å². The van der Waals surface area contributed by atoms with Crippen LogP contribution in [0.15, 0.2) is 35.3 Å². The van der Waals surface area contributed by atoms with Crippen molar-refractivity contribution >= 4 is 5.91 Å². The van der Waals surface area contributed by atoms with E-state index in [0.29, 0.717) is 13.2 Å². The monoisotopic (exact) mass is 287 g/mol. The number of H-pyrrole nitrogens is 2. The van der Waals surface area contributed by atoms with Crippen molar-refractivity contribution in [2.45, 2.75) is 19.1 Å². The fourth-order valence-electron chi connectivity index (χ4n) is 2.57. The van der Waals surface area contributed by atoms with Crippen molar-refractivity contribution < 1.29 is 9.53 Å². The first kappa shape index (κ1) is 13.6. The molecule has 0 saturated carbocycles. The van der Waals surface area contributed by atoms with E-state index in [1.807, 2.05) is 12.1 Å². The van der Waals surface area contributed by atoms with E-state index in [1.165, 1.54) is 17.3 Å². The second-order valence-corrected chi connectivity index (χ2v) is 5.25. The average molecular weight is 287 g/mol. The van der Waals surface area contributed by atoms with Gasteiger partial charge in [0.05, 0.1) is 12.7 Å². The van der Waals surface area contributed by atoms with Crippen LogP contribution in [-0.2, 0) is 17.8 Å². The molecule has 1 amide bonds. The van der Waals surface area contributed by atoms with E-state index < -0.39 is 0 Å². The molecule has 3 rings (SSSR count). The van der Waals surface area contributed by atoms with Gasteiger partial charge in [-0.05, 0) is 11.1 Å². The number of likely N-dealkylation sites (N-methyl/N-ethyl adjacent to an activating group) is 1. The van der Waals surface area contributed by atoms with Gasteiger partial charge in [0.1, 0.15) is 5.69 Å². The van der Waals surface area contributed by atoms with Gasteiger partial charge in [-0.1, -0.05) is 24.3 Å². The van der Waals surface area contributed by atoms with E-state index in [9.17, 15) is 9.59 Å². The van der Waals surface area contributed by atoms with Crippen LogP contribution in [0.2, 0.25) is 0 Å². The van der Waals surface area contributed by atoms with Crippen molar-refractivity contribution in [2.75, 3.05) is 13.6 Å². The molecule has 0 fully saturated rings. The molecule has 1 unspecified atom stereocenters. The van der Waals surface area contributed by atoms with Gasteiger partial charge in [-0.15, -0.1) is 0 Å². The van der Waals surface area contributed by atoms with Gasteiger partial charge in [0.25, 0.3) is 5.91 Å². The molecule has 0 aliphatic carbocycles. The summed E-state index contributed by atoms with van der Waals surface area (Å²) in [6.45, 7) is 1.06. The Kier molecular flexibility index (Phi) is 3.62. The second-order valence-electron chi connectivity index (χ2n) is 5.25. The lowest BCUT2D eigenvalue weighted by Gasteiger charge is -2.28. The highest BCUT2D eigenvalue weighted by Crippen LogP contribution is 2.20. The molecule has 0 saturated heterocycles. The minimum Gasteiger partial charge on any atom is -0.371 e. The third-order valence-corrected chi connectivity index (χ3v) is 3.69. The maximum atomic E-state index is 12.2. The summed E-state index contributed by atoms with van der Waals surface area (Å²) in [7, 11) is 1.71. The summed E-state index contributed by atoms with van der Waals surface area (Å²) in [5.74, 6) is -0.226. The lowest BCUT2D eigenvalue weighted by molar-refractivity contribution is 0.00973. The van der Waals surface area contributed by atoms with Crippen LogP contribution in [0.1, 0.15) is 21.6 Å². The fraction of sp³-hybridized carbons (Fsp3) is 0.333. The molecular weight excluding hydrogens is 270 g/mol. The molecule has 2 heterocycles. The zero-order valence-corrected chi connectivity index (χ0v) is 11.8. The molecule has 21 heavy (non-hydrogen) atoms. The molecule has 0 spiro atoms. The van der Waals surface area contributed by atoms with Crippen LogP contribution in [0, 0.1) is 0 Å². The predicted molar refractivity (Wildman–Crippen MR) is 77.1 cm³/mol. The third-order valence-electron chi connectivity index (χ3n) is 3.69. The third kappa shape index (κ3) is 2.90. The zero-order chi connectivity index (χ0) is 14.8. The van der Waals surface area contributed by atoms with Gasteiger partial charge in [0, 0.05) is 26.2 Å². The van der Waals surface area contributed by atoms with Gasteiger partial charge < -0.3 is 19.6 Å². The van der Waals surface area contributed by atoms with E-state index in [4.69, 9.17) is 4.74 Å². The Morgan fingerprint density at radius 2 is 2.14 bits per heavy atom. The molecule has 1 aliphatic rings. The molecular formula is C15H17N3O3. The summed E-state index contributed by atoms with van der Waals surface area (Å²) in [4.78, 5) is 29.7. The summed E-state index contributed by atoms with van der Waals surface area (Å²) < 4.78 is 5.79. The van der Waals surface area contributed by atoms with E-state index >= 15 is 0 Å². The number of ether oxygens (including phenoxy) is 1. The topological polar surface area (TPSA) is 78.2 Å². The van der Waals surface area contributed by atoms with Crippen LogP contribution < -0.4 is 5.69 Å². The molecule has 110 valence electrons. The summed E-state index contributed by atoms with van der Waals surface area (Å²) in [6, 6.07) is 8.17. The first-order valence-corrected chi connectivity index (χ1v) is 6.85. The number of nitrogens with one attached hydrogen (secondary N) is 2. The number of aromatic nitrogens is 2. The van der Waals surface area contributed by atoms with Crippen LogP contribution in [0.4, 0.5) is 0 Å². The molecule has 0 radical (unpaired) electrons. The summed E-state index contributed by atoms with van der Waals surface area (Å²) in [6.07, 6.45) is 2.15. The average Bonchev–Trinajstić information content (AvgIpc) is 2.93. The van der Waals surface area contributed by atoms with Crippen molar-refractivity contribution in [3.05, 3.63) is 57.8 Å². The van der Waals surface area contributed by atoms with Crippen LogP contribution in [-0.4, -0.2) is 40.5 Å². The van der Waals surface area contributed by atoms with Crippen LogP contribution in [0.25, 0.3) is 0 Å². The number of hydrogen-bond acceptors (Lipinski definition) is 3. The highest BCUT2D eigenvalue weighted by molar-refractivity contribution is 5.91. The summed E-state index contributed by atoms with van der Waals surface area (Å²) >= 11 is 0. The standard InChI is InChI=1S/C15H17N3O3/c1-18(14(19)13-7-16-15(20)17-13)8-12-6-10-4-2-3-5-11(10)9-21-12/h2-5,7,12H,6,8-9H2,1H3,(H2,16,17,20). The smallest absolute Gasteiger partial charge is 0.323 e. The van der Waals surface area contributed by atoms with Crippen molar-refractivity contribution in [1.82, 2.24) is 14.9 Å². The van der Waals surface area contributed by atoms with E-state index in [-0.39, 0.29) is 23.4 Å². The first-order chi connectivity index (χ1) is 10.1. The van der Waals surface area contributed by atoms with E-state index in [0.717, 1.165) is 6.42 Å². The van der Waals surface area contributed by atoms with E-state index in [2.05, 4.69) is 22.1 Å². The van der Waals surface area contributed by atoms with E-state index in [1.54, 1.807) is 11.9 Å². The molecule has 6 heteroatoms. The number of fused-ring (bicyclic) bond motifs is 1. The lowest BCUT2D eigenvalue weighted by atomic mass is 9.99. The van der Waals surface area contributed by atoms with Gasteiger partial charge >= 0.3 is 5.69 Å². The summed E-state index contributed by atoms with van der Waals surface area (Å²) in [5.41, 5.74) is 2.36.